The van der Waals surface area contributed by atoms with Crippen LogP contribution in [-0.2, 0) is 0 Å². The van der Waals surface area contributed by atoms with Crippen LogP contribution < -0.4 is 0 Å². The first-order valence-corrected chi connectivity index (χ1v) is 19.6. The molecule has 0 unspecified atom stereocenters. The van der Waals surface area contributed by atoms with Gasteiger partial charge in [0.15, 0.2) is 11.4 Å². The first-order chi connectivity index (χ1) is 27.3. The molecule has 12 rings (SSSR count). The molecule has 1 aliphatic rings. The molecule has 0 fully saturated rings. The monoisotopic (exact) mass is 721 g/mol. The molecule has 0 N–H and O–H groups in total. The van der Waals surface area contributed by atoms with Gasteiger partial charge >= 0.3 is 0 Å². The van der Waals surface area contributed by atoms with Gasteiger partial charge in [-0.05, 0) is 60.4 Å². The van der Waals surface area contributed by atoms with Crippen LogP contribution in [0.3, 0.4) is 0 Å². The van der Waals surface area contributed by atoms with Gasteiger partial charge in [0.2, 0.25) is 0 Å². The van der Waals surface area contributed by atoms with E-state index in [1.807, 2.05) is 17.4 Å². The van der Waals surface area contributed by atoms with Crippen molar-refractivity contribution in [2.45, 2.75) is 12.8 Å². The summed E-state index contributed by atoms with van der Waals surface area (Å²) in [6.45, 7) is 0. The Hall–Kier alpha value is -6.82. The van der Waals surface area contributed by atoms with Crippen molar-refractivity contribution in [1.29, 1.82) is 0 Å². The van der Waals surface area contributed by atoms with E-state index in [1.165, 1.54) is 42.1 Å². The zero-order valence-electron chi connectivity index (χ0n) is 29.7. The van der Waals surface area contributed by atoms with Gasteiger partial charge in [0.05, 0.1) is 27.9 Å². The molecule has 55 heavy (non-hydrogen) atoms. The first kappa shape index (κ1) is 30.6. The van der Waals surface area contributed by atoms with Gasteiger partial charge in [-0.3, -0.25) is 0 Å². The lowest BCUT2D eigenvalue weighted by Gasteiger charge is -2.12. The van der Waals surface area contributed by atoms with Crippen molar-refractivity contribution in [3.05, 3.63) is 169 Å². The van der Waals surface area contributed by atoms with Crippen LogP contribution in [0.5, 0.6) is 0 Å². The summed E-state index contributed by atoms with van der Waals surface area (Å²) in [4.78, 5) is 10.5. The van der Waals surface area contributed by atoms with Gasteiger partial charge in [-0.1, -0.05) is 127 Å². The summed E-state index contributed by atoms with van der Waals surface area (Å²) in [6, 6.07) is 51.9. The molecule has 5 heteroatoms. The Labute approximate surface area is 319 Å². The van der Waals surface area contributed by atoms with Gasteiger partial charge in [0, 0.05) is 58.2 Å². The number of hydrogen-bond acceptors (Lipinski definition) is 4. The van der Waals surface area contributed by atoms with Gasteiger partial charge in [0.25, 0.3) is 0 Å². The molecule has 4 heterocycles. The van der Waals surface area contributed by atoms with E-state index in [-0.39, 0.29) is 0 Å². The molecule has 0 amide bonds. The fourth-order valence-corrected chi connectivity index (χ4v) is 10.0. The summed E-state index contributed by atoms with van der Waals surface area (Å²) in [5.74, 6) is 0.679. The zero-order valence-corrected chi connectivity index (χ0v) is 30.5. The average Bonchev–Trinajstić information content (AvgIpc) is 3.93. The molecule has 11 aromatic rings. The average molecular weight is 722 g/mol. The highest BCUT2D eigenvalue weighted by molar-refractivity contribution is 7.26. The van der Waals surface area contributed by atoms with E-state index in [0.29, 0.717) is 5.82 Å². The molecule has 0 radical (unpaired) electrons. The predicted octanol–water partition coefficient (Wildman–Crippen LogP) is 14.1. The first-order valence-electron chi connectivity index (χ1n) is 18.8. The Morgan fingerprint density at radius 2 is 1.35 bits per heavy atom. The summed E-state index contributed by atoms with van der Waals surface area (Å²) in [7, 11) is 0. The molecular formula is C50H31N3OS. The van der Waals surface area contributed by atoms with Gasteiger partial charge < -0.3 is 8.98 Å². The third-order valence-electron chi connectivity index (χ3n) is 11.3. The van der Waals surface area contributed by atoms with Crippen LogP contribution in [0.4, 0.5) is 0 Å². The third-order valence-corrected chi connectivity index (χ3v) is 12.5. The molecule has 0 saturated heterocycles. The maximum atomic E-state index is 6.89. The van der Waals surface area contributed by atoms with Crippen molar-refractivity contribution in [1.82, 2.24) is 14.5 Å². The van der Waals surface area contributed by atoms with Crippen LogP contribution in [0, 0.1) is 0 Å². The van der Waals surface area contributed by atoms with Crippen molar-refractivity contribution in [3.8, 4) is 28.3 Å². The number of aromatic nitrogens is 3. The van der Waals surface area contributed by atoms with Crippen molar-refractivity contribution in [2.75, 3.05) is 0 Å². The number of benzene rings is 7. The lowest BCUT2D eigenvalue weighted by atomic mass is 9.97. The van der Waals surface area contributed by atoms with Crippen molar-refractivity contribution < 1.29 is 4.42 Å². The second kappa shape index (κ2) is 11.8. The van der Waals surface area contributed by atoms with Crippen molar-refractivity contribution in [3.63, 3.8) is 0 Å². The SMILES string of the molecule is C1=CC(c2ccc(-c3nc(-c4cccc5oc6c(-n7c8ccccc8c8c9sc%10ccccc%10c9ccc87)cccc6c45)nc4ccccc34)cc2)=CCC1. The van der Waals surface area contributed by atoms with E-state index in [1.54, 1.807) is 0 Å². The minimum absolute atomic E-state index is 0.679. The molecular weight excluding hydrogens is 691 g/mol. The fraction of sp³-hybridized carbons (Fsp3) is 0.0400. The smallest absolute Gasteiger partial charge is 0.161 e. The fourth-order valence-electron chi connectivity index (χ4n) is 8.75. The number of rotatable bonds is 4. The quantitative estimate of drug-likeness (QED) is 0.182. The lowest BCUT2D eigenvalue weighted by molar-refractivity contribution is 0.666. The molecule has 0 saturated carbocycles. The van der Waals surface area contributed by atoms with Crippen LogP contribution in [0.2, 0.25) is 0 Å². The van der Waals surface area contributed by atoms with E-state index < -0.39 is 0 Å². The normalized spacial score (nSPS) is 13.3. The minimum atomic E-state index is 0.679. The highest BCUT2D eigenvalue weighted by Crippen LogP contribution is 2.45. The number of furan rings is 1. The van der Waals surface area contributed by atoms with Gasteiger partial charge in [-0.2, -0.15) is 0 Å². The molecule has 0 atom stereocenters. The van der Waals surface area contributed by atoms with E-state index in [4.69, 9.17) is 14.4 Å². The van der Waals surface area contributed by atoms with Crippen LogP contribution in [0.25, 0.3) is 109 Å². The van der Waals surface area contributed by atoms with Gasteiger partial charge in [0.1, 0.15) is 5.58 Å². The van der Waals surface area contributed by atoms with Crippen LogP contribution >= 0.6 is 11.3 Å². The number of hydrogen-bond donors (Lipinski definition) is 0. The molecule has 258 valence electrons. The van der Waals surface area contributed by atoms with Crippen LogP contribution in [0.1, 0.15) is 18.4 Å². The maximum Gasteiger partial charge on any atom is 0.161 e. The number of fused-ring (bicyclic) bond motifs is 11. The topological polar surface area (TPSA) is 43.9 Å². The van der Waals surface area contributed by atoms with Crippen molar-refractivity contribution >= 4 is 91.7 Å². The second-order valence-electron chi connectivity index (χ2n) is 14.4. The second-order valence-corrected chi connectivity index (χ2v) is 15.4. The molecule has 0 aliphatic heterocycles. The minimum Gasteiger partial charge on any atom is -0.454 e. The summed E-state index contributed by atoms with van der Waals surface area (Å²) >= 11 is 1.87. The van der Waals surface area contributed by atoms with Crippen LogP contribution in [-0.4, -0.2) is 14.5 Å². The molecule has 4 nitrogen and oxygen atoms in total. The predicted molar refractivity (Wildman–Crippen MR) is 231 cm³/mol. The largest absolute Gasteiger partial charge is 0.454 e. The Morgan fingerprint density at radius 3 is 2.24 bits per heavy atom. The Morgan fingerprint density at radius 1 is 0.564 bits per heavy atom. The standard InChI is InChI=1S/C50H31N3OS/c1-2-12-30(13-3-1)31-24-26-32(27-25-31)47-35-15-4-7-19-39(35)51-50(52-47)38-18-11-22-43-45(38)37-17-10-21-42(48(37)54-43)53-40-20-8-5-16-36(40)46-41(53)29-28-34-33-14-6-9-23-44(33)55-49(34)46/h2,4-29H,1,3H2. The third kappa shape index (κ3) is 4.57. The molecule has 1 aliphatic carbocycles. The number of nitrogens with zero attached hydrogens (tertiary/aromatic N) is 3. The molecule has 4 aromatic heterocycles. The zero-order chi connectivity index (χ0) is 36.0. The highest BCUT2D eigenvalue weighted by Gasteiger charge is 2.22. The number of para-hydroxylation sites is 3. The molecule has 0 spiro atoms. The summed E-state index contributed by atoms with van der Waals surface area (Å²) in [5, 5.41) is 8.20. The Balaban J connectivity index is 1.07. The van der Waals surface area contributed by atoms with E-state index in [0.717, 1.165) is 79.2 Å². The highest BCUT2D eigenvalue weighted by atomic mass is 32.1. The molecule has 0 bridgehead atoms. The molecule has 7 aromatic carbocycles. The van der Waals surface area contributed by atoms with E-state index in [2.05, 4.69) is 162 Å². The summed E-state index contributed by atoms with van der Waals surface area (Å²) in [6.07, 6.45) is 8.98. The number of allylic oxidation sites excluding steroid dienone is 4. The Bertz CT molecular complexity index is 3430. The van der Waals surface area contributed by atoms with Crippen LogP contribution in [0.15, 0.2) is 168 Å². The van der Waals surface area contributed by atoms with E-state index in [9.17, 15) is 0 Å². The maximum absolute atomic E-state index is 6.89. The Kier molecular flexibility index (Phi) is 6.59. The summed E-state index contributed by atoms with van der Waals surface area (Å²) < 4.78 is 11.9. The summed E-state index contributed by atoms with van der Waals surface area (Å²) in [5.41, 5.74) is 11.3. The number of thiophene rings is 1. The van der Waals surface area contributed by atoms with Gasteiger partial charge in [-0.15, -0.1) is 11.3 Å². The van der Waals surface area contributed by atoms with Crippen molar-refractivity contribution in [2.24, 2.45) is 0 Å². The van der Waals surface area contributed by atoms with Gasteiger partial charge in [-0.25, -0.2) is 9.97 Å². The lowest BCUT2D eigenvalue weighted by Crippen LogP contribution is -1.96. The van der Waals surface area contributed by atoms with E-state index >= 15 is 0 Å².